The third kappa shape index (κ3) is 2.68. The van der Waals surface area contributed by atoms with E-state index in [0.29, 0.717) is 0 Å². The summed E-state index contributed by atoms with van der Waals surface area (Å²) in [4.78, 5) is 22.0. The van der Waals surface area contributed by atoms with Crippen LogP contribution in [0.3, 0.4) is 0 Å². The molecule has 1 aliphatic rings. The van der Waals surface area contributed by atoms with E-state index in [1.165, 1.54) is 18.2 Å². The van der Waals surface area contributed by atoms with Crippen LogP contribution in [0, 0.1) is 10.1 Å². The number of nitrogens with zero attached hydrogens (tertiary/aromatic N) is 1. The molecule has 108 valence electrons. The van der Waals surface area contributed by atoms with Crippen LogP contribution in [0.2, 0.25) is 5.02 Å². The average molecular weight is 301 g/mol. The number of rotatable bonds is 4. The second-order valence-electron chi connectivity index (χ2n) is 4.52. The second kappa shape index (κ2) is 5.64. The highest BCUT2D eigenvalue weighted by molar-refractivity contribution is 6.33. The van der Waals surface area contributed by atoms with Crippen LogP contribution in [-0.4, -0.2) is 34.8 Å². The molecule has 1 heterocycles. The molecular weight excluding hydrogens is 288 g/mol. The van der Waals surface area contributed by atoms with Gasteiger partial charge in [-0.2, -0.15) is 0 Å². The number of ether oxygens (including phenoxy) is 1. The van der Waals surface area contributed by atoms with Crippen molar-refractivity contribution in [3.05, 3.63) is 33.3 Å². The van der Waals surface area contributed by atoms with Crippen LogP contribution in [0.15, 0.2) is 18.2 Å². The fourth-order valence-corrected chi connectivity index (χ4v) is 2.42. The van der Waals surface area contributed by atoms with Crippen molar-refractivity contribution < 1.29 is 19.6 Å². The van der Waals surface area contributed by atoms with Crippen molar-refractivity contribution >= 4 is 28.9 Å². The lowest BCUT2D eigenvalue weighted by atomic mass is 9.89. The Morgan fingerprint density at radius 1 is 1.45 bits per heavy atom. The highest BCUT2D eigenvalue weighted by Gasteiger charge is 2.41. The maximum atomic E-state index is 11.5. The summed E-state index contributed by atoms with van der Waals surface area (Å²) >= 11 is 5.81. The number of hydrogen-bond acceptors (Lipinski definition) is 5. The number of aliphatic carboxylic acids is 1. The van der Waals surface area contributed by atoms with Gasteiger partial charge in [-0.15, -0.1) is 0 Å². The maximum absolute atomic E-state index is 11.5. The monoisotopic (exact) mass is 300 g/mol. The summed E-state index contributed by atoms with van der Waals surface area (Å²) < 4.78 is 5.15. The summed E-state index contributed by atoms with van der Waals surface area (Å²) in [6.45, 7) is 0.571. The Balaban J connectivity index is 2.39. The molecule has 0 bridgehead atoms. The molecule has 0 aliphatic carbocycles. The van der Waals surface area contributed by atoms with Crippen molar-refractivity contribution in [2.45, 2.75) is 18.4 Å². The molecule has 1 fully saturated rings. The normalized spacial score (nSPS) is 17.4. The third-order valence-corrected chi connectivity index (χ3v) is 3.60. The van der Waals surface area contributed by atoms with Gasteiger partial charge in [0.05, 0.1) is 4.92 Å². The number of nitrogens with one attached hydrogen (secondary N) is 1. The van der Waals surface area contributed by atoms with Crippen LogP contribution >= 0.6 is 11.6 Å². The van der Waals surface area contributed by atoms with Crippen molar-refractivity contribution in [1.82, 2.24) is 0 Å². The molecule has 0 radical (unpaired) electrons. The fourth-order valence-electron chi connectivity index (χ4n) is 2.17. The van der Waals surface area contributed by atoms with Crippen LogP contribution in [0.4, 0.5) is 11.4 Å². The van der Waals surface area contributed by atoms with E-state index in [1.54, 1.807) is 0 Å². The number of halogens is 1. The molecule has 1 aromatic rings. The van der Waals surface area contributed by atoms with E-state index in [1.807, 2.05) is 0 Å². The van der Waals surface area contributed by atoms with Gasteiger partial charge >= 0.3 is 11.7 Å². The lowest BCUT2D eigenvalue weighted by Gasteiger charge is -2.34. The molecule has 8 heteroatoms. The first kappa shape index (κ1) is 14.5. The molecule has 0 spiro atoms. The average Bonchev–Trinajstić information content (AvgIpc) is 2.39. The minimum absolute atomic E-state index is 0.0346. The Kier molecular flexibility index (Phi) is 4.10. The SMILES string of the molecule is O=C(O)C1(Nc2cccc(Cl)c2[N+](=O)[O-])CCOCC1. The van der Waals surface area contributed by atoms with Crippen LogP contribution in [0.1, 0.15) is 12.8 Å². The first-order valence-corrected chi connectivity index (χ1v) is 6.36. The predicted molar refractivity (Wildman–Crippen MR) is 72.1 cm³/mol. The fraction of sp³-hybridized carbons (Fsp3) is 0.417. The van der Waals surface area contributed by atoms with E-state index in [0.717, 1.165) is 0 Å². The molecule has 0 saturated carbocycles. The van der Waals surface area contributed by atoms with Crippen molar-refractivity contribution in [2.75, 3.05) is 18.5 Å². The molecule has 0 aromatic heterocycles. The Labute approximate surface area is 119 Å². The molecule has 1 aliphatic heterocycles. The van der Waals surface area contributed by atoms with Crippen LogP contribution < -0.4 is 5.32 Å². The summed E-state index contributed by atoms with van der Waals surface area (Å²) in [5, 5.41) is 23.2. The Hall–Kier alpha value is -1.86. The number of hydrogen-bond donors (Lipinski definition) is 2. The smallest absolute Gasteiger partial charge is 0.329 e. The standard InChI is InChI=1S/C12H13ClN2O5/c13-8-2-1-3-9(10(8)15(18)19)14-12(11(16)17)4-6-20-7-5-12/h1-3,14H,4-7H2,(H,16,17). The van der Waals surface area contributed by atoms with Crippen molar-refractivity contribution in [3.63, 3.8) is 0 Å². The molecular formula is C12H13ClN2O5. The number of carboxylic acids is 1. The summed E-state index contributed by atoms with van der Waals surface area (Å²) in [6.07, 6.45) is 0.456. The van der Waals surface area contributed by atoms with Gasteiger partial charge in [-0.05, 0) is 12.1 Å². The number of nitro groups is 1. The molecule has 0 amide bonds. The Morgan fingerprint density at radius 2 is 2.10 bits per heavy atom. The maximum Gasteiger partial charge on any atom is 0.329 e. The quantitative estimate of drug-likeness (QED) is 0.653. The van der Waals surface area contributed by atoms with E-state index in [2.05, 4.69) is 5.32 Å². The summed E-state index contributed by atoms with van der Waals surface area (Å²) in [5.74, 6) is -1.06. The summed E-state index contributed by atoms with van der Waals surface area (Å²) in [6, 6.07) is 4.37. The number of anilines is 1. The number of nitro benzene ring substituents is 1. The first-order chi connectivity index (χ1) is 9.46. The minimum Gasteiger partial charge on any atom is -0.480 e. The molecule has 2 rings (SSSR count). The lowest BCUT2D eigenvalue weighted by Crippen LogP contribution is -2.50. The van der Waals surface area contributed by atoms with Crippen LogP contribution in [0.5, 0.6) is 0 Å². The topological polar surface area (TPSA) is 102 Å². The van der Waals surface area contributed by atoms with Gasteiger partial charge < -0.3 is 15.2 Å². The zero-order chi connectivity index (χ0) is 14.8. The zero-order valence-corrected chi connectivity index (χ0v) is 11.2. The number of benzene rings is 1. The zero-order valence-electron chi connectivity index (χ0n) is 10.5. The number of carbonyl (C=O) groups is 1. The largest absolute Gasteiger partial charge is 0.480 e. The third-order valence-electron chi connectivity index (χ3n) is 3.30. The van der Waals surface area contributed by atoms with Gasteiger partial charge in [0.15, 0.2) is 0 Å². The summed E-state index contributed by atoms with van der Waals surface area (Å²) in [7, 11) is 0. The van der Waals surface area contributed by atoms with E-state index in [4.69, 9.17) is 16.3 Å². The van der Waals surface area contributed by atoms with Crippen molar-refractivity contribution in [3.8, 4) is 0 Å². The van der Waals surface area contributed by atoms with Crippen LogP contribution in [-0.2, 0) is 9.53 Å². The van der Waals surface area contributed by atoms with Crippen LogP contribution in [0.25, 0.3) is 0 Å². The summed E-state index contributed by atoms with van der Waals surface area (Å²) in [5.41, 5.74) is -1.48. The second-order valence-corrected chi connectivity index (χ2v) is 4.92. The van der Waals surface area contributed by atoms with Gasteiger partial charge in [0.25, 0.3) is 0 Å². The minimum atomic E-state index is -1.27. The van der Waals surface area contributed by atoms with Gasteiger partial charge in [0, 0.05) is 26.1 Å². The van der Waals surface area contributed by atoms with Gasteiger partial charge in [-0.1, -0.05) is 17.7 Å². The van der Waals surface area contributed by atoms with Gasteiger partial charge in [-0.3, -0.25) is 10.1 Å². The lowest BCUT2D eigenvalue weighted by molar-refractivity contribution is -0.383. The Bertz CT molecular complexity index is 543. The first-order valence-electron chi connectivity index (χ1n) is 5.98. The highest BCUT2D eigenvalue weighted by atomic mass is 35.5. The number of para-hydroxylation sites is 1. The molecule has 0 atom stereocenters. The Morgan fingerprint density at radius 3 is 2.65 bits per heavy atom. The molecule has 2 N–H and O–H groups in total. The van der Waals surface area contributed by atoms with E-state index >= 15 is 0 Å². The number of carboxylic acid groups (broad SMARTS) is 1. The molecule has 0 unspecified atom stereocenters. The van der Waals surface area contributed by atoms with E-state index in [-0.39, 0.29) is 42.5 Å². The van der Waals surface area contributed by atoms with Gasteiger partial charge in [0.2, 0.25) is 0 Å². The van der Waals surface area contributed by atoms with E-state index < -0.39 is 16.4 Å². The predicted octanol–water partition coefficient (Wildman–Crippen LogP) is 2.29. The van der Waals surface area contributed by atoms with Crippen molar-refractivity contribution in [2.24, 2.45) is 0 Å². The van der Waals surface area contributed by atoms with E-state index in [9.17, 15) is 20.0 Å². The molecule has 7 nitrogen and oxygen atoms in total. The van der Waals surface area contributed by atoms with Gasteiger partial charge in [-0.25, -0.2) is 4.79 Å². The van der Waals surface area contributed by atoms with Crippen molar-refractivity contribution in [1.29, 1.82) is 0 Å². The molecule has 1 saturated heterocycles. The van der Waals surface area contributed by atoms with Gasteiger partial charge in [0.1, 0.15) is 16.2 Å². The molecule has 1 aromatic carbocycles. The molecule has 20 heavy (non-hydrogen) atoms. The highest BCUT2D eigenvalue weighted by Crippen LogP contribution is 2.36.